The van der Waals surface area contributed by atoms with Crippen LogP contribution in [0.1, 0.15) is 23.1 Å². The number of hydrogen-bond donors (Lipinski definition) is 1. The Kier molecular flexibility index (Phi) is 2.84. The average Bonchev–Trinajstić information content (AvgIpc) is 2.26. The number of carbonyl (C=O) groups excluding carboxylic acids is 1. The first-order valence-corrected chi connectivity index (χ1v) is 5.03. The number of fused-ring (bicyclic) bond motifs is 1. The van der Waals surface area contributed by atoms with Crippen LogP contribution in [-0.4, -0.2) is 17.5 Å². The highest BCUT2D eigenvalue weighted by atomic mass is 16.2. The summed E-state index contributed by atoms with van der Waals surface area (Å²) in [6, 6.07) is 5.89. The van der Waals surface area contributed by atoms with Crippen LogP contribution in [0.25, 0.3) is 0 Å². The molecule has 0 unspecified atom stereocenters. The maximum atomic E-state index is 11.2. The maximum Gasteiger partial charge on any atom is 0.137 e. The van der Waals surface area contributed by atoms with Gasteiger partial charge in [0, 0.05) is 18.4 Å². The zero-order chi connectivity index (χ0) is 10.7. The van der Waals surface area contributed by atoms with E-state index in [1.54, 1.807) is 0 Å². The lowest BCUT2D eigenvalue weighted by atomic mass is 9.90. The molecular formula is C13H12O2. The standard InChI is InChI=1S/C13H12O2/c14-7-1-2-10-3-4-12-9-13(15)6-5-11(12)8-10/h3-4,8,14H,5-7,9H2. The van der Waals surface area contributed by atoms with Crippen molar-refractivity contribution in [2.24, 2.45) is 0 Å². The maximum absolute atomic E-state index is 11.2. The highest BCUT2D eigenvalue weighted by molar-refractivity contribution is 5.83. The Morgan fingerprint density at radius 2 is 2.13 bits per heavy atom. The Balaban J connectivity index is 2.30. The van der Waals surface area contributed by atoms with E-state index in [4.69, 9.17) is 5.11 Å². The molecule has 1 aliphatic rings. The van der Waals surface area contributed by atoms with Crippen LogP contribution in [0.15, 0.2) is 18.2 Å². The zero-order valence-corrected chi connectivity index (χ0v) is 8.42. The fourth-order valence-corrected chi connectivity index (χ4v) is 1.83. The van der Waals surface area contributed by atoms with Gasteiger partial charge in [0.15, 0.2) is 0 Å². The predicted octanol–water partition coefficient (Wildman–Crippen LogP) is 1.09. The summed E-state index contributed by atoms with van der Waals surface area (Å²) in [6.45, 7) is -0.116. The molecule has 1 aromatic rings. The molecule has 0 bridgehead atoms. The van der Waals surface area contributed by atoms with E-state index in [2.05, 4.69) is 11.8 Å². The molecule has 2 rings (SSSR count). The molecule has 0 aliphatic heterocycles. The highest BCUT2D eigenvalue weighted by Gasteiger charge is 2.14. The van der Waals surface area contributed by atoms with Gasteiger partial charge >= 0.3 is 0 Å². The van der Waals surface area contributed by atoms with Crippen LogP contribution in [-0.2, 0) is 17.6 Å². The van der Waals surface area contributed by atoms with Gasteiger partial charge in [-0.05, 0) is 29.7 Å². The minimum absolute atomic E-state index is 0.116. The van der Waals surface area contributed by atoms with Gasteiger partial charge in [0.05, 0.1) is 0 Å². The number of ketones is 1. The third-order valence-electron chi connectivity index (χ3n) is 2.58. The van der Waals surface area contributed by atoms with E-state index < -0.39 is 0 Å². The second-order valence-electron chi connectivity index (χ2n) is 3.66. The molecule has 2 nitrogen and oxygen atoms in total. The van der Waals surface area contributed by atoms with Crippen molar-refractivity contribution in [2.45, 2.75) is 19.3 Å². The highest BCUT2D eigenvalue weighted by Crippen LogP contribution is 2.20. The molecule has 0 fully saturated rings. The number of aliphatic hydroxyl groups is 1. The molecule has 0 heterocycles. The van der Waals surface area contributed by atoms with Gasteiger partial charge in [-0.2, -0.15) is 0 Å². The first kappa shape index (κ1) is 9.95. The SMILES string of the molecule is O=C1CCc2cc(C#CCO)ccc2C1. The zero-order valence-electron chi connectivity index (χ0n) is 8.42. The van der Waals surface area contributed by atoms with Crippen LogP contribution < -0.4 is 0 Å². The van der Waals surface area contributed by atoms with Crippen molar-refractivity contribution < 1.29 is 9.90 Å². The lowest BCUT2D eigenvalue weighted by Crippen LogP contribution is -2.13. The number of hydrogen-bond acceptors (Lipinski definition) is 2. The van der Waals surface area contributed by atoms with Crippen LogP contribution in [0.3, 0.4) is 0 Å². The van der Waals surface area contributed by atoms with Crippen molar-refractivity contribution in [3.8, 4) is 11.8 Å². The van der Waals surface area contributed by atoms with E-state index in [9.17, 15) is 4.79 Å². The summed E-state index contributed by atoms with van der Waals surface area (Å²) >= 11 is 0. The smallest absolute Gasteiger partial charge is 0.137 e. The van der Waals surface area contributed by atoms with E-state index in [1.165, 1.54) is 5.56 Å². The summed E-state index contributed by atoms with van der Waals surface area (Å²) in [4.78, 5) is 11.2. The molecule has 0 radical (unpaired) electrons. The molecule has 15 heavy (non-hydrogen) atoms. The molecule has 1 aliphatic carbocycles. The van der Waals surface area contributed by atoms with Crippen molar-refractivity contribution >= 4 is 5.78 Å². The second kappa shape index (κ2) is 4.29. The molecule has 0 atom stereocenters. The van der Waals surface area contributed by atoms with Gasteiger partial charge in [-0.15, -0.1) is 0 Å². The summed E-state index contributed by atoms with van der Waals surface area (Å²) in [7, 11) is 0. The molecule has 1 aromatic carbocycles. The summed E-state index contributed by atoms with van der Waals surface area (Å²) in [5.74, 6) is 5.81. The molecule has 0 saturated heterocycles. The number of benzene rings is 1. The van der Waals surface area contributed by atoms with E-state index in [0.29, 0.717) is 18.6 Å². The summed E-state index contributed by atoms with van der Waals surface area (Å²) in [5, 5.41) is 8.58. The Morgan fingerprint density at radius 3 is 2.93 bits per heavy atom. The van der Waals surface area contributed by atoms with Gasteiger partial charge in [-0.1, -0.05) is 17.9 Å². The van der Waals surface area contributed by atoms with Crippen molar-refractivity contribution in [2.75, 3.05) is 6.61 Å². The number of Topliss-reactive ketones (excluding diaryl/α,β-unsaturated/α-hetero) is 1. The molecule has 0 aromatic heterocycles. The van der Waals surface area contributed by atoms with Gasteiger partial charge in [0.1, 0.15) is 12.4 Å². The fraction of sp³-hybridized carbons (Fsp3) is 0.308. The number of aliphatic hydroxyl groups excluding tert-OH is 1. The Bertz CT molecular complexity index is 449. The molecule has 0 spiro atoms. The van der Waals surface area contributed by atoms with Gasteiger partial charge in [0.2, 0.25) is 0 Å². The molecule has 0 saturated carbocycles. The van der Waals surface area contributed by atoms with Gasteiger partial charge in [0.25, 0.3) is 0 Å². The normalized spacial score (nSPS) is 14.1. The summed E-state index contributed by atoms with van der Waals surface area (Å²) in [6.07, 6.45) is 2.02. The number of rotatable bonds is 0. The summed E-state index contributed by atoms with van der Waals surface area (Å²) in [5.41, 5.74) is 3.26. The first-order valence-electron chi connectivity index (χ1n) is 5.03. The Morgan fingerprint density at radius 1 is 1.27 bits per heavy atom. The van der Waals surface area contributed by atoms with Gasteiger partial charge in [-0.3, -0.25) is 4.79 Å². The van der Waals surface area contributed by atoms with Crippen molar-refractivity contribution in [3.05, 3.63) is 34.9 Å². The predicted molar refractivity (Wildman–Crippen MR) is 57.4 cm³/mol. The topological polar surface area (TPSA) is 37.3 Å². The second-order valence-corrected chi connectivity index (χ2v) is 3.66. The minimum Gasteiger partial charge on any atom is -0.384 e. The number of carbonyl (C=O) groups is 1. The van der Waals surface area contributed by atoms with Crippen LogP contribution in [0, 0.1) is 11.8 Å². The lowest BCUT2D eigenvalue weighted by Gasteiger charge is -2.14. The largest absolute Gasteiger partial charge is 0.384 e. The van der Waals surface area contributed by atoms with Crippen molar-refractivity contribution in [1.29, 1.82) is 0 Å². The molecule has 2 heteroatoms. The molecule has 1 N–H and O–H groups in total. The third kappa shape index (κ3) is 2.26. The van der Waals surface area contributed by atoms with Gasteiger partial charge < -0.3 is 5.11 Å². The molecule has 76 valence electrons. The summed E-state index contributed by atoms with van der Waals surface area (Å²) < 4.78 is 0. The first-order chi connectivity index (χ1) is 7.29. The van der Waals surface area contributed by atoms with Crippen LogP contribution in [0.4, 0.5) is 0 Å². The van der Waals surface area contributed by atoms with E-state index in [1.807, 2.05) is 18.2 Å². The lowest BCUT2D eigenvalue weighted by molar-refractivity contribution is -0.118. The molecular weight excluding hydrogens is 188 g/mol. The van der Waals surface area contributed by atoms with E-state index in [-0.39, 0.29) is 6.61 Å². The van der Waals surface area contributed by atoms with E-state index >= 15 is 0 Å². The third-order valence-corrected chi connectivity index (χ3v) is 2.58. The Labute approximate surface area is 88.9 Å². The monoisotopic (exact) mass is 200 g/mol. The average molecular weight is 200 g/mol. The van der Waals surface area contributed by atoms with Crippen LogP contribution in [0.2, 0.25) is 0 Å². The van der Waals surface area contributed by atoms with Gasteiger partial charge in [-0.25, -0.2) is 0 Å². The van der Waals surface area contributed by atoms with E-state index in [0.717, 1.165) is 17.5 Å². The Hall–Kier alpha value is -1.59. The minimum atomic E-state index is -0.116. The van der Waals surface area contributed by atoms with Crippen LogP contribution in [0.5, 0.6) is 0 Å². The van der Waals surface area contributed by atoms with Crippen molar-refractivity contribution in [1.82, 2.24) is 0 Å². The number of aryl methyl sites for hydroxylation is 1. The molecule has 0 amide bonds. The quantitative estimate of drug-likeness (QED) is 0.636. The fourth-order valence-electron chi connectivity index (χ4n) is 1.83. The van der Waals surface area contributed by atoms with Crippen molar-refractivity contribution in [3.63, 3.8) is 0 Å². The van der Waals surface area contributed by atoms with Crippen LogP contribution >= 0.6 is 0 Å².